The van der Waals surface area contributed by atoms with E-state index in [1.54, 1.807) is 36.4 Å². The molecule has 31 heavy (non-hydrogen) atoms. The summed E-state index contributed by atoms with van der Waals surface area (Å²) < 4.78 is 32.2. The van der Waals surface area contributed by atoms with Crippen molar-refractivity contribution in [3.63, 3.8) is 0 Å². The predicted molar refractivity (Wildman–Crippen MR) is 124 cm³/mol. The summed E-state index contributed by atoms with van der Waals surface area (Å²) in [5, 5.41) is 0.209. The molecule has 4 N–H and O–H groups in total. The number of anilines is 2. The number of benzene rings is 3. The maximum atomic E-state index is 13.6. The van der Waals surface area contributed by atoms with E-state index in [4.69, 9.17) is 25.0 Å². The van der Waals surface area contributed by atoms with Gasteiger partial charge in [0.15, 0.2) is 0 Å². The average Bonchev–Trinajstić information content (AvgIpc) is 3.33. The summed E-state index contributed by atoms with van der Waals surface area (Å²) in [6, 6.07) is 19.4. The van der Waals surface area contributed by atoms with Crippen LogP contribution in [0.3, 0.4) is 0 Å². The van der Waals surface area contributed by atoms with Crippen molar-refractivity contribution in [1.29, 1.82) is 0 Å². The molecule has 0 radical (unpaired) electrons. The van der Waals surface area contributed by atoms with Gasteiger partial charge in [-0.15, -0.1) is 0 Å². The number of thiazole rings is 2. The monoisotopic (exact) mass is 470 g/mol. The van der Waals surface area contributed by atoms with Gasteiger partial charge in [0, 0.05) is 0 Å². The molecule has 0 bridgehead atoms. The van der Waals surface area contributed by atoms with Crippen molar-refractivity contribution in [2.45, 2.75) is 0 Å². The van der Waals surface area contributed by atoms with Gasteiger partial charge in [-0.05, 0) is 36.4 Å². The summed E-state index contributed by atoms with van der Waals surface area (Å²) in [4.78, 5) is 8.68. The Morgan fingerprint density at radius 2 is 1.19 bits per heavy atom. The first-order valence-corrected chi connectivity index (χ1v) is 12.1. The van der Waals surface area contributed by atoms with Crippen molar-refractivity contribution in [2.75, 3.05) is 11.5 Å². The van der Waals surface area contributed by atoms with Gasteiger partial charge in [-0.25, -0.2) is 9.97 Å². The molecule has 8 nitrogen and oxygen atoms in total. The number of nitrogens with zero attached hydrogens (tertiary/aromatic N) is 2. The lowest BCUT2D eigenvalue weighted by atomic mass is 10.3. The molecule has 0 saturated heterocycles. The fourth-order valence-electron chi connectivity index (χ4n) is 2.83. The minimum atomic E-state index is -4.21. The largest absolute Gasteiger partial charge is 0.650 e. The highest BCUT2D eigenvalue weighted by molar-refractivity contribution is 7.50. The number of para-hydroxylation sites is 3. The van der Waals surface area contributed by atoms with Gasteiger partial charge >= 0.3 is 7.82 Å². The fourth-order valence-corrected chi connectivity index (χ4v) is 6.10. The second-order valence-electron chi connectivity index (χ2n) is 6.38. The van der Waals surface area contributed by atoms with Crippen molar-refractivity contribution in [3.05, 3.63) is 66.7 Å². The molecule has 11 heteroatoms. The summed E-state index contributed by atoms with van der Waals surface area (Å²) in [6.45, 7) is 0. The average molecular weight is 470 g/mol. The van der Waals surface area contributed by atoms with Crippen LogP contribution in [0.1, 0.15) is 0 Å². The first-order chi connectivity index (χ1) is 15.0. The molecule has 0 saturated carbocycles. The maximum absolute atomic E-state index is 13.6. The predicted octanol–water partition coefficient (Wildman–Crippen LogP) is 5.72. The van der Waals surface area contributed by atoms with Gasteiger partial charge in [-0.3, -0.25) is 0 Å². The number of aromatic nitrogens is 2. The summed E-state index contributed by atoms with van der Waals surface area (Å²) in [5.74, 6) is 0.312. The first kappa shape index (κ1) is 19.6. The standard InChI is InChI=1S/C20H15N4O4PS2/c21-13-8-4-10-15-17(13)23-19(30-15)27-29(25,26-12-6-2-1-3-7-12)28-20-24-18-14(22)9-5-11-16(18)31-20/h1-11H,21-22H2. The highest BCUT2D eigenvalue weighted by atomic mass is 32.1. The number of nitrogen functional groups attached to an aromatic ring is 2. The molecule has 0 aliphatic carbocycles. The molecule has 0 spiro atoms. The zero-order chi connectivity index (χ0) is 21.4. The number of phosphoric ester groups is 1. The molecule has 0 unspecified atom stereocenters. The van der Waals surface area contributed by atoms with Crippen LogP contribution < -0.4 is 25.0 Å². The van der Waals surface area contributed by atoms with E-state index in [0.29, 0.717) is 28.2 Å². The van der Waals surface area contributed by atoms with Gasteiger partial charge in [-0.2, -0.15) is 4.57 Å². The van der Waals surface area contributed by atoms with Gasteiger partial charge < -0.3 is 25.0 Å². The molecule has 3 aromatic carbocycles. The van der Waals surface area contributed by atoms with Crippen LogP contribution in [0, 0.1) is 0 Å². The third-order valence-electron chi connectivity index (χ3n) is 4.20. The van der Waals surface area contributed by atoms with Gasteiger partial charge in [-0.1, -0.05) is 53.0 Å². The highest BCUT2D eigenvalue weighted by Crippen LogP contribution is 2.52. The normalized spacial score (nSPS) is 11.6. The molecule has 0 amide bonds. The number of nitrogens with two attached hydrogens (primary N) is 2. The molecule has 0 aliphatic rings. The van der Waals surface area contributed by atoms with E-state index in [0.717, 1.165) is 9.40 Å². The van der Waals surface area contributed by atoms with E-state index in [9.17, 15) is 4.57 Å². The van der Waals surface area contributed by atoms with Gasteiger partial charge in [0.25, 0.3) is 10.4 Å². The summed E-state index contributed by atoms with van der Waals surface area (Å²) >= 11 is 2.37. The first-order valence-electron chi connectivity index (χ1n) is 9.03. The molecular formula is C20H15N4O4PS2. The molecule has 5 rings (SSSR count). The molecule has 2 heterocycles. The maximum Gasteiger partial charge on any atom is 0.650 e. The topological polar surface area (TPSA) is 123 Å². The Labute approximate surface area is 184 Å². The molecule has 0 aliphatic heterocycles. The van der Waals surface area contributed by atoms with E-state index in [2.05, 4.69) is 9.97 Å². The molecule has 0 fully saturated rings. The summed E-state index contributed by atoms with van der Waals surface area (Å²) in [6.07, 6.45) is 0. The zero-order valence-corrected chi connectivity index (χ0v) is 18.3. The van der Waals surface area contributed by atoms with E-state index in [1.807, 2.05) is 30.3 Å². The van der Waals surface area contributed by atoms with Crippen LogP contribution >= 0.6 is 30.5 Å². The lowest BCUT2D eigenvalue weighted by Crippen LogP contribution is -2.07. The van der Waals surface area contributed by atoms with E-state index < -0.39 is 7.82 Å². The summed E-state index contributed by atoms with van der Waals surface area (Å²) in [7, 11) is -4.21. The molecular weight excluding hydrogens is 455 g/mol. The SMILES string of the molecule is Nc1cccc2sc(OP(=O)(Oc3ccccc3)Oc3nc4c(N)cccc4s3)nc12. The third-order valence-corrected chi connectivity index (χ3v) is 7.47. The van der Waals surface area contributed by atoms with Crippen LogP contribution in [0.25, 0.3) is 20.4 Å². The van der Waals surface area contributed by atoms with Crippen LogP contribution in [0.2, 0.25) is 0 Å². The van der Waals surface area contributed by atoms with Gasteiger partial charge in [0.05, 0.1) is 20.8 Å². The van der Waals surface area contributed by atoms with Gasteiger partial charge in [0.2, 0.25) is 0 Å². The Balaban J connectivity index is 1.52. The van der Waals surface area contributed by atoms with E-state index in [1.165, 1.54) is 22.7 Å². The molecule has 2 aromatic heterocycles. The number of phosphoric acid groups is 1. The number of fused-ring (bicyclic) bond motifs is 2. The van der Waals surface area contributed by atoms with E-state index >= 15 is 0 Å². The minimum absolute atomic E-state index is 0.104. The fraction of sp³-hybridized carbons (Fsp3) is 0. The Bertz CT molecular complexity index is 1350. The van der Waals surface area contributed by atoms with Crippen LogP contribution in [0.4, 0.5) is 11.4 Å². The van der Waals surface area contributed by atoms with Crippen LogP contribution in [-0.2, 0) is 4.57 Å². The number of hydrogen-bond acceptors (Lipinski definition) is 10. The van der Waals surface area contributed by atoms with Crippen LogP contribution in [0.15, 0.2) is 66.7 Å². The highest BCUT2D eigenvalue weighted by Gasteiger charge is 2.36. The minimum Gasteiger partial charge on any atom is -0.397 e. The Kier molecular flexibility index (Phi) is 4.90. The van der Waals surface area contributed by atoms with Crippen molar-refractivity contribution in [1.82, 2.24) is 9.97 Å². The second-order valence-corrected chi connectivity index (χ2v) is 9.81. The van der Waals surface area contributed by atoms with Crippen LogP contribution in [-0.4, -0.2) is 9.97 Å². The molecule has 0 atom stereocenters. The lowest BCUT2D eigenvalue weighted by molar-refractivity contribution is 0.298. The van der Waals surface area contributed by atoms with Crippen LogP contribution in [0.5, 0.6) is 16.1 Å². The quantitative estimate of drug-likeness (QED) is 0.239. The smallest absolute Gasteiger partial charge is 0.397 e. The zero-order valence-electron chi connectivity index (χ0n) is 15.8. The van der Waals surface area contributed by atoms with E-state index in [-0.39, 0.29) is 10.4 Å². The second kappa shape index (κ2) is 7.73. The van der Waals surface area contributed by atoms with Crippen molar-refractivity contribution in [2.24, 2.45) is 0 Å². The Hall–Kier alpha value is -3.33. The molecule has 5 aromatic rings. The molecule has 156 valence electrons. The number of hydrogen-bond donors (Lipinski definition) is 2. The number of rotatable bonds is 6. The Morgan fingerprint density at radius 1 is 0.677 bits per heavy atom. The lowest BCUT2D eigenvalue weighted by Gasteiger charge is -2.16. The third kappa shape index (κ3) is 4.00. The van der Waals surface area contributed by atoms with Crippen molar-refractivity contribution >= 4 is 62.3 Å². The Morgan fingerprint density at radius 3 is 1.68 bits per heavy atom. The van der Waals surface area contributed by atoms with Crippen molar-refractivity contribution < 1.29 is 18.1 Å². The summed E-state index contributed by atoms with van der Waals surface area (Å²) in [5.41, 5.74) is 14.0. The van der Waals surface area contributed by atoms with Crippen molar-refractivity contribution in [3.8, 4) is 16.1 Å². The van der Waals surface area contributed by atoms with Gasteiger partial charge in [0.1, 0.15) is 16.8 Å².